The molecule has 0 spiro atoms. The van der Waals surface area contributed by atoms with Gasteiger partial charge in [0.05, 0.1) is 18.6 Å². The molecule has 2 aromatic heterocycles. The summed E-state index contributed by atoms with van der Waals surface area (Å²) >= 11 is 1.28. The highest BCUT2D eigenvalue weighted by Crippen LogP contribution is 2.40. The monoisotopic (exact) mass is 785 g/mol. The van der Waals surface area contributed by atoms with Gasteiger partial charge in [0.2, 0.25) is 5.91 Å². The number of hydrogen-bond acceptors (Lipinski definition) is 9. The molecule has 3 saturated heterocycles. The third-order valence-electron chi connectivity index (χ3n) is 12.2. The van der Waals surface area contributed by atoms with Gasteiger partial charge in [0, 0.05) is 91.0 Å². The minimum atomic E-state index is -1.04. The Morgan fingerprint density at radius 3 is 2.54 bits per heavy atom. The Labute approximate surface area is 332 Å². The summed E-state index contributed by atoms with van der Waals surface area (Å²) in [6.07, 6.45) is 7.43. The number of thiazole rings is 1. The van der Waals surface area contributed by atoms with Crippen LogP contribution in [0.3, 0.4) is 0 Å². The number of nitrogens with zero attached hydrogens (tertiary/aromatic N) is 7. The number of fused-ring (bicyclic) bond motifs is 4. The lowest BCUT2D eigenvalue weighted by Crippen LogP contribution is -2.53. The van der Waals surface area contributed by atoms with Crippen LogP contribution in [0.15, 0.2) is 78.6 Å². The molecular weight excluding hydrogens is 746 g/mol. The molecule has 3 aromatic carbocycles. The van der Waals surface area contributed by atoms with Crippen molar-refractivity contribution in [2.24, 2.45) is 0 Å². The predicted molar refractivity (Wildman–Crippen MR) is 212 cm³/mol. The summed E-state index contributed by atoms with van der Waals surface area (Å²) in [6, 6.07) is 18.5. The van der Waals surface area contributed by atoms with Crippen molar-refractivity contribution in [3.8, 4) is 11.1 Å². The van der Waals surface area contributed by atoms with Crippen molar-refractivity contribution in [3.63, 3.8) is 0 Å². The highest BCUT2D eigenvalue weighted by molar-refractivity contribution is 7.13. The Morgan fingerprint density at radius 2 is 1.77 bits per heavy atom. The number of halogens is 1. The van der Waals surface area contributed by atoms with Crippen molar-refractivity contribution in [1.29, 1.82) is 0 Å². The number of nitrogens with one attached hydrogen (secondary N) is 2. The molecule has 290 valence electrons. The standard InChI is InChI=1S/C42H40FN9O4S/c43-33-19-27(18-31-32(33)23-52(40(31)55)38(39(54)47-41-44-14-17-57-41)37-35-6-3-15-48(35)24-45-37)25-7-9-28(10-8-25)49-21-29-11-12-30(22-49)51(29)20-26-4-1-2-5-34(26)50-16-13-36(53)46-42(50)56/h1-2,4-5,7-10,14,17-19,24,29-30,38H,3,6,11-13,15-16,20-23H2,(H,44,47,54)(H,46,53,56). The second kappa shape index (κ2) is 14.2. The molecule has 10 rings (SSSR count). The topological polar surface area (TPSA) is 136 Å². The number of amides is 5. The van der Waals surface area contributed by atoms with Crippen molar-refractivity contribution in [2.45, 2.75) is 69.9 Å². The number of imide groups is 1. The highest BCUT2D eigenvalue weighted by atomic mass is 32.1. The number of benzene rings is 3. The van der Waals surface area contributed by atoms with E-state index in [0.29, 0.717) is 35.0 Å². The lowest BCUT2D eigenvalue weighted by molar-refractivity contribution is -0.121. The van der Waals surface area contributed by atoms with Gasteiger partial charge in [-0.1, -0.05) is 30.3 Å². The van der Waals surface area contributed by atoms with Gasteiger partial charge >= 0.3 is 6.03 Å². The molecule has 5 aromatic rings. The van der Waals surface area contributed by atoms with Crippen LogP contribution >= 0.6 is 11.3 Å². The second-order valence-corrected chi connectivity index (χ2v) is 16.3. The van der Waals surface area contributed by atoms with Gasteiger partial charge in [-0.25, -0.2) is 19.2 Å². The molecule has 2 N–H and O–H groups in total. The first kappa shape index (κ1) is 35.5. The molecule has 5 aliphatic rings. The number of urea groups is 1. The number of para-hydroxylation sites is 1. The second-order valence-electron chi connectivity index (χ2n) is 15.4. The summed E-state index contributed by atoms with van der Waals surface area (Å²) in [6.45, 7) is 3.55. The summed E-state index contributed by atoms with van der Waals surface area (Å²) in [5, 5.41) is 7.48. The van der Waals surface area contributed by atoms with Crippen LogP contribution in [-0.4, -0.2) is 79.8 Å². The van der Waals surface area contributed by atoms with Crippen LogP contribution in [-0.2, 0) is 35.6 Å². The van der Waals surface area contributed by atoms with E-state index in [-0.39, 0.29) is 36.0 Å². The van der Waals surface area contributed by atoms with E-state index in [1.54, 1.807) is 28.9 Å². The average Bonchev–Trinajstić information content (AvgIpc) is 4.05. The van der Waals surface area contributed by atoms with Gasteiger partial charge < -0.3 is 14.4 Å². The minimum absolute atomic E-state index is 0.0457. The van der Waals surface area contributed by atoms with Crippen LogP contribution in [0.1, 0.15) is 64.6 Å². The number of piperazine rings is 1. The number of carbonyl (C=O) groups excluding carboxylic acids is 4. The maximum absolute atomic E-state index is 16.0. The molecule has 5 amide bonds. The van der Waals surface area contributed by atoms with Crippen molar-refractivity contribution in [3.05, 3.63) is 112 Å². The zero-order valence-electron chi connectivity index (χ0n) is 31.1. The van der Waals surface area contributed by atoms with E-state index in [2.05, 4.69) is 48.6 Å². The van der Waals surface area contributed by atoms with Crippen LogP contribution in [0.5, 0.6) is 0 Å². The first-order chi connectivity index (χ1) is 27.8. The number of aryl methyl sites for hydroxylation is 1. The minimum Gasteiger partial charge on any atom is -0.368 e. The first-order valence-corrected chi connectivity index (χ1v) is 20.3. The quantitative estimate of drug-likeness (QED) is 0.194. The van der Waals surface area contributed by atoms with E-state index in [1.807, 2.05) is 34.9 Å². The Morgan fingerprint density at radius 1 is 0.965 bits per heavy atom. The molecule has 5 aliphatic heterocycles. The largest absolute Gasteiger partial charge is 0.368 e. The summed E-state index contributed by atoms with van der Waals surface area (Å²) in [4.78, 5) is 69.3. The molecule has 3 fully saturated rings. The van der Waals surface area contributed by atoms with Gasteiger partial charge in [0.15, 0.2) is 11.2 Å². The zero-order valence-corrected chi connectivity index (χ0v) is 31.9. The molecule has 0 radical (unpaired) electrons. The number of rotatable bonds is 9. The van der Waals surface area contributed by atoms with Crippen molar-refractivity contribution < 1.29 is 23.6 Å². The molecule has 0 aliphatic carbocycles. The van der Waals surface area contributed by atoms with E-state index in [0.717, 1.165) is 80.1 Å². The van der Waals surface area contributed by atoms with Crippen LogP contribution in [0, 0.1) is 5.82 Å². The van der Waals surface area contributed by atoms with Crippen molar-refractivity contribution in [2.75, 3.05) is 34.8 Å². The molecule has 15 heteroatoms. The summed E-state index contributed by atoms with van der Waals surface area (Å²) in [5.41, 5.74) is 6.33. The van der Waals surface area contributed by atoms with E-state index < -0.39 is 23.7 Å². The first-order valence-electron chi connectivity index (χ1n) is 19.5. The van der Waals surface area contributed by atoms with Gasteiger partial charge in [-0.3, -0.25) is 34.8 Å². The molecule has 2 bridgehead atoms. The van der Waals surface area contributed by atoms with E-state index >= 15 is 4.39 Å². The molecule has 7 heterocycles. The molecular formula is C42H40FN9O4S. The molecule has 3 unspecified atom stereocenters. The number of carbonyl (C=O) groups is 4. The zero-order chi connectivity index (χ0) is 38.8. The van der Waals surface area contributed by atoms with Crippen LogP contribution in [0.2, 0.25) is 0 Å². The SMILES string of the molecule is O=C1CCN(c2ccccc2CN2C3CCC2CN(c2ccc(-c4cc(F)c5c(c4)C(=O)N(C(C(=O)Nc4nccs4)c4ncn6c4CCC6)C5)cc2)C3)C(=O)N1. The van der Waals surface area contributed by atoms with Crippen LogP contribution in [0.25, 0.3) is 11.1 Å². The molecule has 3 atom stereocenters. The van der Waals surface area contributed by atoms with E-state index in [9.17, 15) is 19.2 Å². The fourth-order valence-electron chi connectivity index (χ4n) is 9.39. The summed E-state index contributed by atoms with van der Waals surface area (Å²) in [7, 11) is 0. The smallest absolute Gasteiger partial charge is 0.328 e. The van der Waals surface area contributed by atoms with Gasteiger partial charge in [-0.15, -0.1) is 11.3 Å². The van der Waals surface area contributed by atoms with E-state index in [4.69, 9.17) is 0 Å². The van der Waals surface area contributed by atoms with E-state index in [1.165, 1.54) is 22.3 Å². The van der Waals surface area contributed by atoms with Gasteiger partial charge in [0.25, 0.3) is 11.8 Å². The van der Waals surface area contributed by atoms with Gasteiger partial charge in [-0.05, 0) is 72.7 Å². The number of hydrogen-bond donors (Lipinski definition) is 2. The number of anilines is 3. The fraction of sp³-hybridized carbons (Fsp3) is 0.333. The number of aromatic nitrogens is 3. The van der Waals surface area contributed by atoms with Crippen molar-refractivity contribution in [1.82, 2.24) is 29.7 Å². The maximum atomic E-state index is 16.0. The third kappa shape index (κ3) is 6.34. The molecule has 13 nitrogen and oxygen atoms in total. The van der Waals surface area contributed by atoms with Crippen molar-refractivity contribution >= 4 is 51.6 Å². The van der Waals surface area contributed by atoms with Crippen LogP contribution < -0.4 is 20.4 Å². The molecule has 0 saturated carbocycles. The normalized spacial score (nSPS) is 20.9. The van der Waals surface area contributed by atoms with Crippen LogP contribution in [0.4, 0.5) is 25.7 Å². The lowest BCUT2D eigenvalue weighted by Gasteiger charge is -2.42. The Hall–Kier alpha value is -5.93. The fourth-order valence-corrected chi connectivity index (χ4v) is 9.92. The third-order valence-corrected chi connectivity index (χ3v) is 12.9. The average molecular weight is 786 g/mol. The van der Waals surface area contributed by atoms with Gasteiger partial charge in [-0.2, -0.15) is 0 Å². The lowest BCUT2D eigenvalue weighted by atomic mass is 9.99. The molecule has 57 heavy (non-hydrogen) atoms. The summed E-state index contributed by atoms with van der Waals surface area (Å²) < 4.78 is 18.0. The Kier molecular flexibility index (Phi) is 8.85. The Balaban J connectivity index is 0.853. The number of imidazole rings is 1. The predicted octanol–water partition coefficient (Wildman–Crippen LogP) is 5.73. The summed E-state index contributed by atoms with van der Waals surface area (Å²) in [5.74, 6) is -1.57. The highest BCUT2D eigenvalue weighted by Gasteiger charge is 2.43. The Bertz CT molecular complexity index is 2400. The maximum Gasteiger partial charge on any atom is 0.328 e. The van der Waals surface area contributed by atoms with Gasteiger partial charge in [0.1, 0.15) is 5.82 Å².